The molecule has 0 spiro atoms. The minimum atomic E-state index is -0.0303. The zero-order valence-corrected chi connectivity index (χ0v) is 18.3. The van der Waals surface area contributed by atoms with E-state index in [-0.39, 0.29) is 5.56 Å². The van der Waals surface area contributed by atoms with Gasteiger partial charge in [-0.1, -0.05) is 30.3 Å². The Bertz CT molecular complexity index is 1050. The number of aromatic amines is 1. The number of hydrogen-bond donors (Lipinski definition) is 1. The fraction of sp³-hybridized carbons (Fsp3) is 0.478. The first kappa shape index (κ1) is 19.9. The van der Waals surface area contributed by atoms with E-state index in [4.69, 9.17) is 4.98 Å². The number of nitrogens with one attached hydrogen (secondary N) is 1. The number of thiophene rings is 1. The van der Waals surface area contributed by atoms with Gasteiger partial charge in [0.25, 0.3) is 5.56 Å². The number of likely N-dealkylation sites (tertiary alicyclic amines) is 1. The SMILES string of the molecule is CN1CCCC(N2CCN(Cc3nc4sc(-c5ccccc5)cc4c(=O)[nH]3)CC2)C1. The van der Waals surface area contributed by atoms with Gasteiger partial charge in [0.15, 0.2) is 0 Å². The van der Waals surface area contributed by atoms with Gasteiger partial charge in [-0.25, -0.2) is 4.98 Å². The van der Waals surface area contributed by atoms with Gasteiger partial charge in [-0.2, -0.15) is 0 Å². The number of piperazine rings is 1. The molecule has 0 bridgehead atoms. The van der Waals surface area contributed by atoms with Crippen LogP contribution in [0.25, 0.3) is 20.7 Å². The minimum Gasteiger partial charge on any atom is -0.309 e. The van der Waals surface area contributed by atoms with E-state index in [1.165, 1.54) is 25.9 Å². The lowest BCUT2D eigenvalue weighted by molar-refractivity contribution is 0.0560. The Kier molecular flexibility index (Phi) is 5.69. The third-order valence-corrected chi connectivity index (χ3v) is 7.48. The van der Waals surface area contributed by atoms with Crippen LogP contribution >= 0.6 is 11.3 Å². The Labute approximate surface area is 181 Å². The van der Waals surface area contributed by atoms with E-state index in [9.17, 15) is 4.79 Å². The molecule has 5 rings (SSSR count). The van der Waals surface area contributed by atoms with E-state index >= 15 is 0 Å². The summed E-state index contributed by atoms with van der Waals surface area (Å²) in [7, 11) is 2.23. The lowest BCUT2D eigenvalue weighted by atomic mass is 10.0. The molecule has 2 aliphatic rings. The van der Waals surface area contributed by atoms with Crippen LogP contribution in [0, 0.1) is 0 Å². The molecule has 2 fully saturated rings. The van der Waals surface area contributed by atoms with Crippen LogP contribution in [0.15, 0.2) is 41.2 Å². The van der Waals surface area contributed by atoms with Gasteiger partial charge in [0.1, 0.15) is 10.7 Å². The van der Waals surface area contributed by atoms with Gasteiger partial charge in [0.2, 0.25) is 0 Å². The molecule has 7 heteroatoms. The van der Waals surface area contributed by atoms with E-state index in [2.05, 4.69) is 38.9 Å². The van der Waals surface area contributed by atoms with Crippen molar-refractivity contribution in [3.05, 3.63) is 52.6 Å². The maximum absolute atomic E-state index is 12.7. The molecule has 0 amide bonds. The molecule has 2 aliphatic heterocycles. The number of benzene rings is 1. The van der Waals surface area contributed by atoms with Crippen molar-refractivity contribution in [1.82, 2.24) is 24.7 Å². The predicted molar refractivity (Wildman–Crippen MR) is 123 cm³/mol. The fourth-order valence-electron chi connectivity index (χ4n) is 4.73. The summed E-state index contributed by atoms with van der Waals surface area (Å²) in [6, 6.07) is 12.9. The standard InChI is InChI=1S/C23H29N5OS/c1-26-9-5-8-18(15-26)28-12-10-27(11-13-28)16-21-24-22(29)19-14-20(30-23(19)25-21)17-6-3-2-4-7-17/h2-4,6-7,14,18H,5,8-13,15-16H2,1H3,(H,24,25,29). The monoisotopic (exact) mass is 423 g/mol. The molecule has 4 heterocycles. The molecule has 0 radical (unpaired) electrons. The van der Waals surface area contributed by atoms with Crippen molar-refractivity contribution in [3.8, 4) is 10.4 Å². The molecular weight excluding hydrogens is 394 g/mol. The number of likely N-dealkylation sites (N-methyl/N-ethyl adjacent to an activating group) is 1. The van der Waals surface area contributed by atoms with Gasteiger partial charge in [0.05, 0.1) is 11.9 Å². The van der Waals surface area contributed by atoms with E-state index in [0.29, 0.717) is 18.0 Å². The molecule has 2 saturated heterocycles. The summed E-state index contributed by atoms with van der Waals surface area (Å²) in [5.74, 6) is 0.778. The number of aromatic nitrogens is 2. The van der Waals surface area contributed by atoms with Crippen LogP contribution in [-0.2, 0) is 6.54 Å². The summed E-state index contributed by atoms with van der Waals surface area (Å²) in [5, 5.41) is 0.689. The minimum absolute atomic E-state index is 0.0303. The quantitative estimate of drug-likeness (QED) is 0.699. The normalized spacial score (nSPS) is 22.0. The Morgan fingerprint density at radius 3 is 2.70 bits per heavy atom. The number of fused-ring (bicyclic) bond motifs is 1. The van der Waals surface area contributed by atoms with E-state index in [1.54, 1.807) is 11.3 Å². The molecule has 1 aromatic carbocycles. The lowest BCUT2D eigenvalue weighted by Crippen LogP contribution is -2.54. The molecule has 1 N–H and O–H groups in total. The van der Waals surface area contributed by atoms with Crippen molar-refractivity contribution in [3.63, 3.8) is 0 Å². The molecule has 3 aromatic rings. The number of rotatable bonds is 4. The van der Waals surface area contributed by atoms with Crippen molar-refractivity contribution in [2.45, 2.75) is 25.4 Å². The molecule has 6 nitrogen and oxygen atoms in total. The van der Waals surface area contributed by atoms with Crippen molar-refractivity contribution in [2.24, 2.45) is 0 Å². The third-order valence-electron chi connectivity index (χ3n) is 6.41. The van der Waals surface area contributed by atoms with Crippen molar-refractivity contribution < 1.29 is 0 Å². The number of piperidine rings is 1. The molecule has 1 atom stereocenters. The smallest absolute Gasteiger partial charge is 0.259 e. The zero-order valence-electron chi connectivity index (χ0n) is 17.5. The number of H-pyrrole nitrogens is 1. The largest absolute Gasteiger partial charge is 0.309 e. The molecule has 0 aliphatic carbocycles. The van der Waals surface area contributed by atoms with Gasteiger partial charge < -0.3 is 9.88 Å². The highest BCUT2D eigenvalue weighted by atomic mass is 32.1. The molecule has 1 unspecified atom stereocenters. The first-order valence-electron chi connectivity index (χ1n) is 10.9. The first-order chi connectivity index (χ1) is 14.7. The Morgan fingerprint density at radius 1 is 1.13 bits per heavy atom. The van der Waals surface area contributed by atoms with Crippen LogP contribution in [0.2, 0.25) is 0 Å². The third kappa shape index (κ3) is 4.21. The van der Waals surface area contributed by atoms with Crippen LogP contribution in [0.4, 0.5) is 0 Å². The van der Waals surface area contributed by atoms with E-state index in [1.807, 2.05) is 24.3 Å². The highest BCUT2D eigenvalue weighted by Crippen LogP contribution is 2.30. The first-order valence-corrected chi connectivity index (χ1v) is 11.7. The van der Waals surface area contributed by atoms with Gasteiger partial charge >= 0.3 is 0 Å². The molecule has 158 valence electrons. The Hall–Kier alpha value is -2.06. The van der Waals surface area contributed by atoms with Crippen LogP contribution in [0.3, 0.4) is 0 Å². The highest BCUT2D eigenvalue weighted by Gasteiger charge is 2.27. The maximum atomic E-state index is 12.7. The van der Waals surface area contributed by atoms with Gasteiger partial charge in [-0.3, -0.25) is 14.6 Å². The topological polar surface area (TPSA) is 55.5 Å². The molecular formula is C23H29N5OS. The summed E-state index contributed by atoms with van der Waals surface area (Å²) in [4.78, 5) is 29.9. The van der Waals surface area contributed by atoms with Crippen molar-refractivity contribution in [2.75, 3.05) is 46.3 Å². The predicted octanol–water partition coefficient (Wildman–Crippen LogP) is 2.86. The number of hydrogen-bond acceptors (Lipinski definition) is 6. The van der Waals surface area contributed by atoms with Gasteiger partial charge in [-0.15, -0.1) is 11.3 Å². The lowest BCUT2D eigenvalue weighted by Gasteiger charge is -2.42. The summed E-state index contributed by atoms with van der Waals surface area (Å²) in [6.45, 7) is 7.39. The van der Waals surface area contributed by atoms with Crippen LogP contribution in [0.1, 0.15) is 18.7 Å². The second kappa shape index (κ2) is 8.59. The molecule has 0 saturated carbocycles. The summed E-state index contributed by atoms with van der Waals surface area (Å²) in [6.07, 6.45) is 2.62. The van der Waals surface area contributed by atoms with E-state index < -0.39 is 0 Å². The van der Waals surface area contributed by atoms with E-state index in [0.717, 1.165) is 47.3 Å². The molecule has 30 heavy (non-hydrogen) atoms. The van der Waals surface area contributed by atoms with Crippen LogP contribution in [-0.4, -0.2) is 77.0 Å². The van der Waals surface area contributed by atoms with Crippen LogP contribution < -0.4 is 5.56 Å². The van der Waals surface area contributed by atoms with Crippen LogP contribution in [0.5, 0.6) is 0 Å². The summed E-state index contributed by atoms with van der Waals surface area (Å²) < 4.78 is 0. The van der Waals surface area contributed by atoms with Crippen molar-refractivity contribution >= 4 is 21.6 Å². The Balaban J connectivity index is 1.26. The second-order valence-electron chi connectivity index (χ2n) is 8.58. The zero-order chi connectivity index (χ0) is 20.5. The maximum Gasteiger partial charge on any atom is 0.259 e. The summed E-state index contributed by atoms with van der Waals surface area (Å²) >= 11 is 1.60. The summed E-state index contributed by atoms with van der Waals surface area (Å²) in [5.41, 5.74) is 1.10. The van der Waals surface area contributed by atoms with Gasteiger partial charge in [-0.05, 0) is 38.1 Å². The van der Waals surface area contributed by atoms with Crippen molar-refractivity contribution in [1.29, 1.82) is 0 Å². The van der Waals surface area contributed by atoms with Gasteiger partial charge in [0, 0.05) is 43.6 Å². The number of nitrogens with zero attached hydrogens (tertiary/aromatic N) is 4. The molecule has 2 aromatic heterocycles. The second-order valence-corrected chi connectivity index (χ2v) is 9.61. The highest BCUT2D eigenvalue weighted by molar-refractivity contribution is 7.21. The average molecular weight is 424 g/mol. The fourth-order valence-corrected chi connectivity index (χ4v) is 5.79. The Morgan fingerprint density at radius 2 is 1.93 bits per heavy atom. The average Bonchev–Trinajstić information content (AvgIpc) is 3.20.